The van der Waals surface area contributed by atoms with Gasteiger partial charge in [0, 0.05) is 5.56 Å². The van der Waals surface area contributed by atoms with Crippen molar-refractivity contribution in [2.24, 2.45) is 0 Å². The summed E-state index contributed by atoms with van der Waals surface area (Å²) in [7, 11) is 1.62. The van der Waals surface area contributed by atoms with E-state index in [0.29, 0.717) is 11.8 Å². The zero-order chi connectivity index (χ0) is 17.6. The number of benzene rings is 2. The van der Waals surface area contributed by atoms with Crippen LogP contribution in [-0.2, 0) is 4.79 Å². The maximum Gasteiger partial charge on any atom is 0.287 e. The van der Waals surface area contributed by atoms with Crippen molar-refractivity contribution < 1.29 is 14.8 Å². The molecule has 3 rings (SSSR count). The molecule has 0 spiro atoms. The van der Waals surface area contributed by atoms with Gasteiger partial charge in [0.1, 0.15) is 5.75 Å². The molecular formula is C21H27N2O2+. The summed E-state index contributed by atoms with van der Waals surface area (Å²) in [4.78, 5) is 13.1. The number of carbonyl (C=O) groups is 1. The highest BCUT2D eigenvalue weighted by Gasteiger charge is 2.30. The second-order valence-corrected chi connectivity index (χ2v) is 6.82. The molecule has 0 radical (unpaired) electrons. The molecule has 1 amide bonds. The summed E-state index contributed by atoms with van der Waals surface area (Å²) >= 11 is 0. The largest absolute Gasteiger partial charge is 0.495 e. The number of ether oxygens (including phenoxy) is 1. The van der Waals surface area contributed by atoms with Gasteiger partial charge in [-0.2, -0.15) is 0 Å². The lowest BCUT2D eigenvalue weighted by molar-refractivity contribution is -0.714. The van der Waals surface area contributed by atoms with Crippen LogP contribution in [0.4, 0.5) is 5.69 Å². The Morgan fingerprint density at radius 3 is 2.56 bits per heavy atom. The third kappa shape index (κ3) is 4.40. The van der Waals surface area contributed by atoms with Gasteiger partial charge >= 0.3 is 0 Å². The third-order valence-corrected chi connectivity index (χ3v) is 4.92. The maximum atomic E-state index is 13.1. The van der Waals surface area contributed by atoms with Crippen molar-refractivity contribution in [3.05, 3.63) is 59.7 Å². The maximum absolute atomic E-state index is 13.1. The van der Waals surface area contributed by atoms with Crippen LogP contribution in [-0.4, -0.2) is 19.1 Å². The number of nitrogens with one attached hydrogen (secondary N) is 1. The van der Waals surface area contributed by atoms with Crippen molar-refractivity contribution in [2.45, 2.75) is 44.7 Å². The van der Waals surface area contributed by atoms with Crippen LogP contribution in [0.1, 0.15) is 42.9 Å². The lowest BCUT2D eigenvalue weighted by Crippen LogP contribution is -2.92. The van der Waals surface area contributed by atoms with E-state index in [1.807, 2.05) is 55.5 Å². The van der Waals surface area contributed by atoms with Crippen LogP contribution in [0.3, 0.4) is 0 Å². The molecule has 25 heavy (non-hydrogen) atoms. The normalized spacial score (nSPS) is 15.8. The van der Waals surface area contributed by atoms with E-state index >= 15 is 0 Å². The summed E-state index contributed by atoms with van der Waals surface area (Å²) < 4.78 is 5.40. The fourth-order valence-corrected chi connectivity index (χ4v) is 3.56. The predicted octanol–water partition coefficient (Wildman–Crippen LogP) is 3.19. The first-order valence-corrected chi connectivity index (χ1v) is 9.03. The Morgan fingerprint density at radius 1 is 1.16 bits per heavy atom. The summed E-state index contributed by atoms with van der Waals surface area (Å²) in [5, 5.41) is 5.32. The Bertz CT molecular complexity index is 709. The lowest BCUT2D eigenvalue weighted by atomic mass is 10.0. The number of rotatable bonds is 6. The molecule has 1 atom stereocenters. The van der Waals surface area contributed by atoms with Crippen LogP contribution in [0.25, 0.3) is 0 Å². The number of hydrogen-bond donors (Lipinski definition) is 2. The van der Waals surface area contributed by atoms with Gasteiger partial charge in [0.05, 0.1) is 18.8 Å². The van der Waals surface area contributed by atoms with Crippen LogP contribution in [0.5, 0.6) is 5.75 Å². The number of quaternary nitrogens is 1. The van der Waals surface area contributed by atoms with Gasteiger partial charge in [-0.25, -0.2) is 0 Å². The lowest BCUT2D eigenvalue weighted by Gasteiger charge is -2.20. The fourth-order valence-electron chi connectivity index (χ4n) is 3.56. The van der Waals surface area contributed by atoms with Crippen molar-refractivity contribution in [1.82, 2.24) is 0 Å². The summed E-state index contributed by atoms with van der Waals surface area (Å²) in [6.45, 7) is 2.01. The molecule has 4 heteroatoms. The summed E-state index contributed by atoms with van der Waals surface area (Å²) in [5.41, 5.74) is 2.86. The quantitative estimate of drug-likeness (QED) is 0.849. The predicted molar refractivity (Wildman–Crippen MR) is 99.7 cm³/mol. The van der Waals surface area contributed by atoms with Crippen molar-refractivity contribution in [3.8, 4) is 5.75 Å². The molecule has 0 aromatic heterocycles. The van der Waals surface area contributed by atoms with E-state index in [-0.39, 0.29) is 11.9 Å². The Morgan fingerprint density at radius 2 is 1.88 bits per heavy atom. The second-order valence-electron chi connectivity index (χ2n) is 6.82. The molecule has 0 aliphatic heterocycles. The highest BCUT2D eigenvalue weighted by Crippen LogP contribution is 2.26. The Balaban J connectivity index is 1.82. The van der Waals surface area contributed by atoms with Gasteiger partial charge in [-0.15, -0.1) is 0 Å². The fraction of sp³-hybridized carbons (Fsp3) is 0.381. The van der Waals surface area contributed by atoms with Crippen molar-refractivity contribution >= 4 is 11.6 Å². The molecule has 4 nitrogen and oxygen atoms in total. The highest BCUT2D eigenvalue weighted by atomic mass is 16.5. The van der Waals surface area contributed by atoms with E-state index in [1.54, 1.807) is 7.11 Å². The molecular weight excluding hydrogens is 312 g/mol. The number of nitrogens with two attached hydrogens (primary N) is 1. The van der Waals surface area contributed by atoms with Crippen molar-refractivity contribution in [3.63, 3.8) is 0 Å². The van der Waals surface area contributed by atoms with E-state index in [2.05, 4.69) is 10.6 Å². The van der Waals surface area contributed by atoms with Gasteiger partial charge in [-0.3, -0.25) is 4.79 Å². The van der Waals surface area contributed by atoms with Crippen LogP contribution in [0, 0.1) is 6.92 Å². The molecule has 1 fully saturated rings. The molecule has 0 saturated heterocycles. The summed E-state index contributed by atoms with van der Waals surface area (Å²) in [5.74, 6) is 0.689. The SMILES string of the molecule is COc1ccc(C)cc1NC(=O)[C@@H]([NH2+]C1CCCC1)c1ccccc1. The average molecular weight is 339 g/mol. The van der Waals surface area contributed by atoms with Crippen LogP contribution in [0.15, 0.2) is 48.5 Å². The minimum absolute atomic E-state index is 0.00185. The molecule has 1 aliphatic rings. The van der Waals surface area contributed by atoms with Crippen LogP contribution < -0.4 is 15.4 Å². The number of carbonyl (C=O) groups excluding carboxylic acids is 1. The Hall–Kier alpha value is -2.33. The van der Waals surface area contributed by atoms with Gasteiger partial charge in [-0.1, -0.05) is 36.4 Å². The first kappa shape index (κ1) is 17.5. The van der Waals surface area contributed by atoms with Gasteiger partial charge < -0.3 is 15.4 Å². The number of hydrogen-bond acceptors (Lipinski definition) is 2. The van der Waals surface area contributed by atoms with Gasteiger partial charge in [0.2, 0.25) is 0 Å². The zero-order valence-corrected chi connectivity index (χ0v) is 15.0. The standard InChI is InChI=1S/C21H26N2O2/c1-15-12-13-19(25-2)18(14-15)23-21(24)20(16-8-4-3-5-9-16)22-17-10-6-7-11-17/h3-5,8-9,12-14,17,20,22H,6-7,10-11H2,1-2H3,(H,23,24)/p+1/t20-/m0/s1. The van der Waals surface area contributed by atoms with Crippen LogP contribution in [0.2, 0.25) is 0 Å². The van der Waals surface area contributed by atoms with E-state index in [4.69, 9.17) is 4.74 Å². The number of amides is 1. The van der Waals surface area contributed by atoms with E-state index in [0.717, 1.165) is 16.8 Å². The number of anilines is 1. The zero-order valence-electron chi connectivity index (χ0n) is 15.0. The molecule has 0 heterocycles. The van der Waals surface area contributed by atoms with E-state index in [1.165, 1.54) is 25.7 Å². The molecule has 0 bridgehead atoms. The summed E-state index contributed by atoms with van der Waals surface area (Å²) in [6, 6.07) is 16.1. The molecule has 3 N–H and O–H groups in total. The van der Waals surface area contributed by atoms with Gasteiger partial charge in [0.15, 0.2) is 6.04 Å². The topological polar surface area (TPSA) is 54.9 Å². The molecule has 1 saturated carbocycles. The highest BCUT2D eigenvalue weighted by molar-refractivity contribution is 5.95. The van der Waals surface area contributed by atoms with E-state index < -0.39 is 0 Å². The second kappa shape index (κ2) is 8.17. The Labute approximate surface area is 149 Å². The minimum atomic E-state index is -0.241. The summed E-state index contributed by atoms with van der Waals surface area (Å²) in [6.07, 6.45) is 4.89. The van der Waals surface area contributed by atoms with Crippen molar-refractivity contribution in [2.75, 3.05) is 12.4 Å². The molecule has 2 aromatic rings. The molecule has 1 aliphatic carbocycles. The first-order valence-electron chi connectivity index (χ1n) is 9.03. The molecule has 132 valence electrons. The monoisotopic (exact) mass is 339 g/mol. The minimum Gasteiger partial charge on any atom is -0.495 e. The smallest absolute Gasteiger partial charge is 0.287 e. The van der Waals surface area contributed by atoms with Gasteiger partial charge in [-0.05, 0) is 50.3 Å². The number of methoxy groups -OCH3 is 1. The Kier molecular flexibility index (Phi) is 5.71. The third-order valence-electron chi connectivity index (χ3n) is 4.92. The van der Waals surface area contributed by atoms with Crippen molar-refractivity contribution in [1.29, 1.82) is 0 Å². The average Bonchev–Trinajstić information content (AvgIpc) is 3.14. The van der Waals surface area contributed by atoms with Crippen LogP contribution >= 0.6 is 0 Å². The molecule has 2 aromatic carbocycles. The van der Waals surface area contributed by atoms with E-state index in [9.17, 15) is 4.79 Å². The first-order chi connectivity index (χ1) is 12.2. The van der Waals surface area contributed by atoms with Gasteiger partial charge in [0.25, 0.3) is 5.91 Å². The molecule has 0 unspecified atom stereocenters. The number of aryl methyl sites for hydroxylation is 1.